The van der Waals surface area contributed by atoms with Crippen LogP contribution in [-0.4, -0.2) is 30.8 Å². The zero-order valence-electron chi connectivity index (χ0n) is 15.0. The van der Waals surface area contributed by atoms with E-state index in [1.807, 2.05) is 49.4 Å². The van der Waals surface area contributed by atoms with E-state index in [0.717, 1.165) is 21.3 Å². The number of rotatable bonds is 5. The number of methoxy groups -OCH3 is 2. The molecule has 0 fully saturated rings. The van der Waals surface area contributed by atoms with Crippen LogP contribution in [0.1, 0.15) is 36.9 Å². The molecule has 1 atom stereocenters. The lowest BCUT2D eigenvalue weighted by atomic mass is 9.97. The highest BCUT2D eigenvalue weighted by Crippen LogP contribution is 2.39. The summed E-state index contributed by atoms with van der Waals surface area (Å²) >= 11 is 3.45. The van der Waals surface area contributed by atoms with Crippen LogP contribution >= 0.6 is 15.9 Å². The molecule has 1 aliphatic rings. The highest BCUT2D eigenvalue weighted by Gasteiger charge is 2.34. The highest BCUT2D eigenvalue weighted by molar-refractivity contribution is 9.10. The molecule has 2 aromatic rings. The van der Waals surface area contributed by atoms with Gasteiger partial charge >= 0.3 is 0 Å². The van der Waals surface area contributed by atoms with Crippen molar-refractivity contribution in [2.24, 2.45) is 5.10 Å². The molecular formula is C20H21BrN2O3. The monoisotopic (exact) mass is 416 g/mol. The first-order chi connectivity index (χ1) is 12.6. The van der Waals surface area contributed by atoms with Crippen molar-refractivity contribution in [3.63, 3.8) is 0 Å². The molecule has 26 heavy (non-hydrogen) atoms. The Labute approximate surface area is 161 Å². The average Bonchev–Trinajstić information content (AvgIpc) is 3.12. The summed E-state index contributed by atoms with van der Waals surface area (Å²) in [6.45, 7) is 1.85. The Morgan fingerprint density at radius 2 is 1.92 bits per heavy atom. The van der Waals surface area contributed by atoms with E-state index in [0.29, 0.717) is 24.3 Å². The van der Waals surface area contributed by atoms with Gasteiger partial charge in [0.15, 0.2) is 0 Å². The van der Waals surface area contributed by atoms with E-state index in [4.69, 9.17) is 9.47 Å². The molecule has 0 N–H and O–H groups in total. The third kappa shape index (κ3) is 3.60. The second-order valence-corrected chi connectivity index (χ2v) is 6.89. The normalized spacial score (nSPS) is 16.4. The van der Waals surface area contributed by atoms with Crippen LogP contribution in [-0.2, 0) is 4.79 Å². The molecule has 2 aromatic carbocycles. The molecule has 0 saturated heterocycles. The number of nitrogens with zero attached hydrogens (tertiary/aromatic N) is 2. The number of carbonyl (C=O) groups is 1. The van der Waals surface area contributed by atoms with E-state index in [1.165, 1.54) is 0 Å². The molecule has 5 nitrogen and oxygen atoms in total. The van der Waals surface area contributed by atoms with Crippen LogP contribution in [0.25, 0.3) is 0 Å². The SMILES string of the molecule is CCC(=O)N1N=C(c2ccc(Br)cc2)C[C@@H]1c1ccc(OC)cc1OC. The van der Waals surface area contributed by atoms with Gasteiger partial charge in [-0.25, -0.2) is 5.01 Å². The van der Waals surface area contributed by atoms with Crippen LogP contribution in [0.2, 0.25) is 0 Å². The Hall–Kier alpha value is -2.34. The highest BCUT2D eigenvalue weighted by atomic mass is 79.9. The molecule has 0 aliphatic carbocycles. The predicted molar refractivity (Wildman–Crippen MR) is 105 cm³/mol. The Bertz CT molecular complexity index is 833. The largest absolute Gasteiger partial charge is 0.497 e. The van der Waals surface area contributed by atoms with Crippen molar-refractivity contribution in [1.29, 1.82) is 0 Å². The summed E-state index contributed by atoms with van der Waals surface area (Å²) in [4.78, 5) is 12.5. The number of hydrogen-bond acceptors (Lipinski definition) is 4. The average molecular weight is 417 g/mol. The van der Waals surface area contributed by atoms with Crippen molar-refractivity contribution in [3.05, 3.63) is 58.1 Å². The Kier molecular flexibility index (Phi) is 5.61. The molecule has 0 saturated carbocycles. The van der Waals surface area contributed by atoms with E-state index in [9.17, 15) is 4.79 Å². The van der Waals surface area contributed by atoms with Crippen molar-refractivity contribution < 1.29 is 14.3 Å². The molecule has 1 heterocycles. The van der Waals surface area contributed by atoms with Gasteiger partial charge in [-0.2, -0.15) is 5.10 Å². The first-order valence-electron chi connectivity index (χ1n) is 8.44. The molecule has 0 aromatic heterocycles. The molecule has 3 rings (SSSR count). The van der Waals surface area contributed by atoms with Gasteiger partial charge in [-0.05, 0) is 29.8 Å². The number of hydrogen-bond donors (Lipinski definition) is 0. The fourth-order valence-electron chi connectivity index (χ4n) is 3.06. The zero-order valence-corrected chi connectivity index (χ0v) is 16.6. The van der Waals surface area contributed by atoms with E-state index in [2.05, 4.69) is 21.0 Å². The third-order valence-corrected chi connectivity index (χ3v) is 4.97. The minimum atomic E-state index is -0.193. The molecule has 1 aliphatic heterocycles. The first kappa shape index (κ1) is 18.5. The lowest BCUT2D eigenvalue weighted by molar-refractivity contribution is -0.132. The van der Waals surface area contributed by atoms with Crippen LogP contribution in [0.3, 0.4) is 0 Å². The van der Waals surface area contributed by atoms with Gasteiger partial charge in [0.2, 0.25) is 5.91 Å². The fourth-order valence-corrected chi connectivity index (χ4v) is 3.32. The van der Waals surface area contributed by atoms with Crippen LogP contribution in [0.15, 0.2) is 52.0 Å². The standard InChI is InChI=1S/C20H21BrN2O3/c1-4-20(24)23-18(16-10-9-15(25-2)11-19(16)26-3)12-17(22-23)13-5-7-14(21)8-6-13/h5-11,18H,4,12H2,1-3H3/t18-/m1/s1. The summed E-state index contributed by atoms with van der Waals surface area (Å²) in [5.74, 6) is 1.39. The Morgan fingerprint density at radius 3 is 2.54 bits per heavy atom. The summed E-state index contributed by atoms with van der Waals surface area (Å²) in [7, 11) is 3.24. The number of benzene rings is 2. The van der Waals surface area contributed by atoms with Gasteiger partial charge < -0.3 is 9.47 Å². The molecular weight excluding hydrogens is 396 g/mol. The minimum Gasteiger partial charge on any atom is -0.497 e. The molecule has 136 valence electrons. The van der Waals surface area contributed by atoms with Crippen LogP contribution in [0.4, 0.5) is 0 Å². The van der Waals surface area contributed by atoms with Gasteiger partial charge in [0, 0.05) is 28.9 Å². The maximum Gasteiger partial charge on any atom is 0.242 e. The zero-order chi connectivity index (χ0) is 18.7. The quantitative estimate of drug-likeness (QED) is 0.717. The van der Waals surface area contributed by atoms with Gasteiger partial charge in [0.05, 0.1) is 26.0 Å². The van der Waals surface area contributed by atoms with Crippen molar-refractivity contribution in [2.75, 3.05) is 14.2 Å². The minimum absolute atomic E-state index is 0.0139. The van der Waals surface area contributed by atoms with Crippen molar-refractivity contribution in [2.45, 2.75) is 25.8 Å². The Balaban J connectivity index is 1.99. The van der Waals surface area contributed by atoms with Gasteiger partial charge in [0.25, 0.3) is 0 Å². The molecule has 1 amide bonds. The Morgan fingerprint density at radius 1 is 1.19 bits per heavy atom. The van der Waals surface area contributed by atoms with Gasteiger partial charge in [-0.3, -0.25) is 4.79 Å². The lowest BCUT2D eigenvalue weighted by Gasteiger charge is -2.23. The van der Waals surface area contributed by atoms with E-state index < -0.39 is 0 Å². The molecule has 0 unspecified atom stereocenters. The van der Waals surface area contributed by atoms with E-state index in [-0.39, 0.29) is 11.9 Å². The first-order valence-corrected chi connectivity index (χ1v) is 9.24. The van der Waals surface area contributed by atoms with Crippen molar-refractivity contribution in [3.8, 4) is 11.5 Å². The second-order valence-electron chi connectivity index (χ2n) is 5.97. The van der Waals surface area contributed by atoms with Gasteiger partial charge in [0.1, 0.15) is 11.5 Å². The predicted octanol–water partition coefficient (Wildman–Crippen LogP) is 4.55. The topological polar surface area (TPSA) is 51.1 Å². The van der Waals surface area contributed by atoms with E-state index in [1.54, 1.807) is 19.2 Å². The summed E-state index contributed by atoms with van der Waals surface area (Å²) < 4.78 is 11.8. The van der Waals surface area contributed by atoms with Crippen LogP contribution in [0, 0.1) is 0 Å². The summed E-state index contributed by atoms with van der Waals surface area (Å²) in [6, 6.07) is 13.4. The summed E-state index contributed by atoms with van der Waals surface area (Å²) in [5.41, 5.74) is 2.82. The van der Waals surface area contributed by atoms with Crippen molar-refractivity contribution in [1.82, 2.24) is 5.01 Å². The van der Waals surface area contributed by atoms with Crippen LogP contribution in [0.5, 0.6) is 11.5 Å². The number of hydrazone groups is 1. The van der Waals surface area contributed by atoms with E-state index >= 15 is 0 Å². The lowest BCUT2D eigenvalue weighted by Crippen LogP contribution is -2.26. The maximum absolute atomic E-state index is 12.5. The number of ether oxygens (including phenoxy) is 2. The summed E-state index contributed by atoms with van der Waals surface area (Å²) in [5, 5.41) is 6.22. The fraction of sp³-hybridized carbons (Fsp3) is 0.300. The third-order valence-electron chi connectivity index (χ3n) is 4.45. The maximum atomic E-state index is 12.5. The number of carbonyl (C=O) groups excluding carboxylic acids is 1. The molecule has 0 spiro atoms. The van der Waals surface area contributed by atoms with Crippen LogP contribution < -0.4 is 9.47 Å². The summed E-state index contributed by atoms with van der Waals surface area (Å²) in [6.07, 6.45) is 1.03. The second kappa shape index (κ2) is 7.91. The van der Waals surface area contributed by atoms with Crippen molar-refractivity contribution >= 4 is 27.5 Å². The molecule has 0 bridgehead atoms. The van der Waals surface area contributed by atoms with Gasteiger partial charge in [-0.1, -0.05) is 35.0 Å². The smallest absolute Gasteiger partial charge is 0.242 e. The molecule has 0 radical (unpaired) electrons. The number of halogens is 1. The number of amides is 1. The molecule has 6 heteroatoms. The van der Waals surface area contributed by atoms with Gasteiger partial charge in [-0.15, -0.1) is 0 Å².